The molecule has 0 radical (unpaired) electrons. The Morgan fingerprint density at radius 1 is 0.787 bits per heavy atom. The third kappa shape index (κ3) is 6.94. The molecule has 2 aromatic heterocycles. The van der Waals surface area contributed by atoms with Gasteiger partial charge in [0, 0.05) is 36.5 Å². The van der Waals surface area contributed by atoms with Crippen molar-refractivity contribution in [3.63, 3.8) is 0 Å². The molecule has 0 unspecified atom stereocenters. The van der Waals surface area contributed by atoms with Crippen LogP contribution in [0.25, 0.3) is 11.3 Å². The topological polar surface area (TPSA) is 98.0 Å². The normalized spacial score (nSPS) is 11.6. The lowest BCUT2D eigenvalue weighted by Gasteiger charge is -2.28. The highest BCUT2D eigenvalue weighted by Crippen LogP contribution is 2.30. The Morgan fingerprint density at radius 3 is 2.02 bits per heavy atom. The quantitative estimate of drug-likeness (QED) is 0.195. The fourth-order valence-corrected chi connectivity index (χ4v) is 5.72. The standard InChI is InChI=1S/C38H32FN5O3/c1-43-33(22-23-40-43)37(46)42-36(35(27-14-7-3-8-15-27)28-16-9-4-10-17-28)38(47)41-29-20-21-30(31(39)24-29)32-18-11-19-34(45)44(32)25-26-12-5-2-6-13-26/h2-24,35-36H,25H2,1H3,(H,41,47)(H,42,46)/t36-/m0/s1. The number of carbonyl (C=O) groups is 2. The molecule has 0 aliphatic rings. The second-order valence-corrected chi connectivity index (χ2v) is 11.1. The molecule has 0 spiro atoms. The molecule has 0 aliphatic heterocycles. The van der Waals surface area contributed by atoms with Gasteiger partial charge in [0.25, 0.3) is 11.5 Å². The molecule has 2 amide bonds. The van der Waals surface area contributed by atoms with Gasteiger partial charge >= 0.3 is 0 Å². The number of aromatic nitrogens is 3. The van der Waals surface area contributed by atoms with E-state index in [0.29, 0.717) is 5.69 Å². The molecule has 6 rings (SSSR count). The average Bonchev–Trinajstić information content (AvgIpc) is 3.53. The summed E-state index contributed by atoms with van der Waals surface area (Å²) in [5.74, 6) is -2.21. The van der Waals surface area contributed by atoms with Gasteiger partial charge in [0.15, 0.2) is 0 Å². The molecule has 0 aliphatic carbocycles. The number of nitrogens with one attached hydrogen (secondary N) is 2. The third-order valence-electron chi connectivity index (χ3n) is 8.02. The van der Waals surface area contributed by atoms with E-state index < -0.39 is 29.6 Å². The summed E-state index contributed by atoms with van der Waals surface area (Å²) < 4.78 is 18.8. The summed E-state index contributed by atoms with van der Waals surface area (Å²) in [5, 5.41) is 9.84. The van der Waals surface area contributed by atoms with Gasteiger partial charge < -0.3 is 15.2 Å². The Bertz CT molecular complexity index is 2020. The van der Waals surface area contributed by atoms with Gasteiger partial charge in [-0.15, -0.1) is 0 Å². The fraction of sp³-hybridized carbons (Fsp3) is 0.105. The number of rotatable bonds is 10. The number of carbonyl (C=O) groups excluding carboxylic acids is 2. The highest BCUT2D eigenvalue weighted by Gasteiger charge is 2.33. The van der Waals surface area contributed by atoms with Crippen molar-refractivity contribution in [1.82, 2.24) is 19.7 Å². The van der Waals surface area contributed by atoms with Crippen LogP contribution < -0.4 is 16.2 Å². The Labute approximate surface area is 271 Å². The number of hydrogen-bond donors (Lipinski definition) is 2. The number of pyridine rings is 1. The van der Waals surface area contributed by atoms with Crippen LogP contribution in [0, 0.1) is 5.82 Å². The van der Waals surface area contributed by atoms with Crippen molar-refractivity contribution < 1.29 is 14.0 Å². The minimum absolute atomic E-state index is 0.198. The maximum atomic E-state index is 15.8. The van der Waals surface area contributed by atoms with E-state index in [0.717, 1.165) is 16.7 Å². The van der Waals surface area contributed by atoms with Gasteiger partial charge in [0.05, 0.1) is 12.2 Å². The van der Waals surface area contributed by atoms with Crippen LogP contribution in [0.5, 0.6) is 0 Å². The maximum absolute atomic E-state index is 15.8. The van der Waals surface area contributed by atoms with Gasteiger partial charge in [-0.25, -0.2) is 4.39 Å². The third-order valence-corrected chi connectivity index (χ3v) is 8.02. The van der Waals surface area contributed by atoms with Crippen molar-refractivity contribution in [3.05, 3.63) is 178 Å². The van der Waals surface area contributed by atoms with Crippen molar-refractivity contribution in [3.8, 4) is 11.3 Å². The number of halogens is 1. The largest absolute Gasteiger partial charge is 0.338 e. The molecule has 6 aromatic rings. The lowest BCUT2D eigenvalue weighted by molar-refractivity contribution is -0.118. The Kier molecular flexibility index (Phi) is 9.15. The molecule has 8 nitrogen and oxygen atoms in total. The maximum Gasteiger partial charge on any atom is 0.270 e. The number of hydrogen-bond acceptors (Lipinski definition) is 4. The lowest BCUT2D eigenvalue weighted by atomic mass is 9.84. The molecular formula is C38H32FN5O3. The van der Waals surface area contributed by atoms with E-state index in [4.69, 9.17) is 0 Å². The smallest absolute Gasteiger partial charge is 0.270 e. The second-order valence-electron chi connectivity index (χ2n) is 11.1. The fourth-order valence-electron chi connectivity index (χ4n) is 5.72. The lowest BCUT2D eigenvalue weighted by Crippen LogP contribution is -2.48. The van der Waals surface area contributed by atoms with Crippen LogP contribution in [0.2, 0.25) is 0 Å². The summed E-state index contributed by atoms with van der Waals surface area (Å²) in [5.41, 5.74) is 3.36. The molecule has 2 N–H and O–H groups in total. The van der Waals surface area contributed by atoms with E-state index in [1.807, 2.05) is 91.0 Å². The van der Waals surface area contributed by atoms with Crippen molar-refractivity contribution in [1.29, 1.82) is 0 Å². The first-order valence-corrected chi connectivity index (χ1v) is 15.1. The summed E-state index contributed by atoms with van der Waals surface area (Å²) in [6.45, 7) is 0.270. The molecule has 0 bridgehead atoms. The highest BCUT2D eigenvalue weighted by molar-refractivity contribution is 6.01. The van der Waals surface area contributed by atoms with Crippen LogP contribution in [0.3, 0.4) is 0 Å². The molecule has 9 heteroatoms. The number of anilines is 1. The Hall–Kier alpha value is -6.09. The minimum Gasteiger partial charge on any atom is -0.338 e. The summed E-state index contributed by atoms with van der Waals surface area (Å²) in [6.07, 6.45) is 1.51. The molecular weight excluding hydrogens is 593 g/mol. The molecule has 1 atom stereocenters. The first kappa shape index (κ1) is 30.9. The summed E-state index contributed by atoms with van der Waals surface area (Å²) in [4.78, 5) is 40.5. The number of aryl methyl sites for hydroxylation is 1. The van der Waals surface area contributed by atoms with Gasteiger partial charge in [0.1, 0.15) is 17.6 Å². The van der Waals surface area contributed by atoms with Gasteiger partial charge in [-0.05, 0) is 47.0 Å². The predicted molar refractivity (Wildman–Crippen MR) is 179 cm³/mol. The van der Waals surface area contributed by atoms with Crippen molar-refractivity contribution in [2.75, 3.05) is 5.32 Å². The number of amides is 2. The van der Waals surface area contributed by atoms with Crippen LogP contribution in [-0.2, 0) is 18.4 Å². The van der Waals surface area contributed by atoms with E-state index in [2.05, 4.69) is 15.7 Å². The minimum atomic E-state index is -1.09. The molecule has 4 aromatic carbocycles. The number of nitrogens with zero attached hydrogens (tertiary/aromatic N) is 3. The van der Waals surface area contributed by atoms with Crippen LogP contribution in [-0.4, -0.2) is 32.2 Å². The molecule has 47 heavy (non-hydrogen) atoms. The van der Waals surface area contributed by atoms with E-state index >= 15 is 4.39 Å². The van der Waals surface area contributed by atoms with Crippen LogP contribution in [0.4, 0.5) is 10.1 Å². The summed E-state index contributed by atoms with van der Waals surface area (Å²) in [6, 6.07) is 37.9. The second kappa shape index (κ2) is 13.9. The van der Waals surface area contributed by atoms with E-state index in [-0.39, 0.29) is 29.0 Å². The van der Waals surface area contributed by atoms with E-state index in [1.165, 1.54) is 33.6 Å². The van der Waals surface area contributed by atoms with Gasteiger partial charge in [-0.1, -0.05) is 97.1 Å². The van der Waals surface area contributed by atoms with E-state index in [9.17, 15) is 14.4 Å². The zero-order valence-corrected chi connectivity index (χ0v) is 25.6. The zero-order chi connectivity index (χ0) is 32.8. The van der Waals surface area contributed by atoms with Crippen LogP contribution in [0.1, 0.15) is 33.1 Å². The highest BCUT2D eigenvalue weighted by atomic mass is 19.1. The van der Waals surface area contributed by atoms with Gasteiger partial charge in [-0.3, -0.25) is 19.1 Å². The molecule has 234 valence electrons. The predicted octanol–water partition coefficient (Wildman–Crippen LogP) is 6.01. The molecule has 0 saturated carbocycles. The van der Waals surface area contributed by atoms with Crippen LogP contribution >= 0.6 is 0 Å². The Balaban J connectivity index is 1.34. The van der Waals surface area contributed by atoms with Gasteiger partial charge in [-0.2, -0.15) is 5.10 Å². The van der Waals surface area contributed by atoms with Crippen LogP contribution in [0.15, 0.2) is 144 Å². The van der Waals surface area contributed by atoms with E-state index in [1.54, 1.807) is 31.3 Å². The molecule has 0 fully saturated rings. The van der Waals surface area contributed by atoms with Crippen molar-refractivity contribution >= 4 is 17.5 Å². The average molecular weight is 626 g/mol. The summed E-state index contributed by atoms with van der Waals surface area (Å²) in [7, 11) is 1.65. The zero-order valence-electron chi connectivity index (χ0n) is 25.6. The first-order chi connectivity index (χ1) is 22.9. The molecule has 2 heterocycles. The van der Waals surface area contributed by atoms with Gasteiger partial charge in [0.2, 0.25) is 5.91 Å². The monoisotopic (exact) mass is 625 g/mol. The Morgan fingerprint density at radius 2 is 1.43 bits per heavy atom. The summed E-state index contributed by atoms with van der Waals surface area (Å²) >= 11 is 0. The SMILES string of the molecule is Cn1nccc1C(=O)N[C@H](C(=O)Nc1ccc(-c2cccc(=O)n2Cc2ccccc2)c(F)c1)C(c1ccccc1)c1ccccc1. The first-order valence-electron chi connectivity index (χ1n) is 15.1. The van der Waals surface area contributed by atoms with Crippen molar-refractivity contribution in [2.24, 2.45) is 7.05 Å². The van der Waals surface area contributed by atoms with Crippen molar-refractivity contribution in [2.45, 2.75) is 18.5 Å². The molecule has 0 saturated heterocycles. The number of benzene rings is 4.